The molecule has 0 aliphatic heterocycles. The number of ether oxygens (including phenoxy) is 1. The minimum absolute atomic E-state index is 0.0380. The molecule has 0 spiro atoms. The van der Waals surface area contributed by atoms with Gasteiger partial charge in [-0.15, -0.1) is 0 Å². The molecule has 0 saturated carbocycles. The van der Waals surface area contributed by atoms with Crippen LogP contribution in [0.2, 0.25) is 0 Å². The second-order valence-electron chi connectivity index (χ2n) is 4.96. The summed E-state index contributed by atoms with van der Waals surface area (Å²) in [5, 5.41) is 5.97. The highest BCUT2D eigenvalue weighted by Crippen LogP contribution is 2.24. The van der Waals surface area contributed by atoms with Gasteiger partial charge in [0.05, 0.1) is 18.5 Å². The Morgan fingerprint density at radius 1 is 1.37 bits per heavy atom. The molecule has 1 aromatic rings. The summed E-state index contributed by atoms with van der Waals surface area (Å²) in [6.45, 7) is 6.59. The van der Waals surface area contributed by atoms with Gasteiger partial charge in [-0.1, -0.05) is 13.8 Å². The Hall–Kier alpha value is -1.91. The SMILES string of the molecule is COc1ccc(NC(C)C(=O)NCC(C)C)c(N)c1. The fraction of sp³-hybridized carbons (Fsp3) is 0.500. The maximum absolute atomic E-state index is 11.8. The van der Waals surface area contributed by atoms with Crippen molar-refractivity contribution in [2.24, 2.45) is 5.92 Å². The maximum atomic E-state index is 11.8. The third-order valence-corrected chi connectivity index (χ3v) is 2.71. The van der Waals surface area contributed by atoms with Crippen LogP contribution in [-0.4, -0.2) is 25.6 Å². The van der Waals surface area contributed by atoms with E-state index in [4.69, 9.17) is 10.5 Å². The van der Waals surface area contributed by atoms with Crippen LogP contribution >= 0.6 is 0 Å². The molecule has 0 fully saturated rings. The van der Waals surface area contributed by atoms with Crippen LogP contribution in [0, 0.1) is 5.92 Å². The van der Waals surface area contributed by atoms with Crippen LogP contribution < -0.4 is 21.1 Å². The average molecular weight is 265 g/mol. The third-order valence-electron chi connectivity index (χ3n) is 2.71. The number of benzene rings is 1. The maximum Gasteiger partial charge on any atom is 0.242 e. The summed E-state index contributed by atoms with van der Waals surface area (Å²) < 4.78 is 5.08. The molecule has 1 unspecified atom stereocenters. The van der Waals surface area contributed by atoms with Crippen molar-refractivity contribution in [3.63, 3.8) is 0 Å². The lowest BCUT2D eigenvalue weighted by Gasteiger charge is -2.17. The van der Waals surface area contributed by atoms with E-state index < -0.39 is 0 Å². The number of carbonyl (C=O) groups is 1. The Morgan fingerprint density at radius 2 is 2.05 bits per heavy atom. The molecule has 106 valence electrons. The topological polar surface area (TPSA) is 76.4 Å². The number of carbonyl (C=O) groups excluding carboxylic acids is 1. The molecule has 0 heterocycles. The van der Waals surface area contributed by atoms with E-state index in [1.54, 1.807) is 32.2 Å². The highest BCUT2D eigenvalue weighted by Gasteiger charge is 2.13. The summed E-state index contributed by atoms with van der Waals surface area (Å²) in [5.74, 6) is 1.09. The summed E-state index contributed by atoms with van der Waals surface area (Å²) in [4.78, 5) is 11.8. The highest BCUT2D eigenvalue weighted by molar-refractivity contribution is 5.85. The lowest BCUT2D eigenvalue weighted by molar-refractivity contribution is -0.121. The van der Waals surface area contributed by atoms with Crippen molar-refractivity contribution >= 4 is 17.3 Å². The molecule has 0 aliphatic rings. The normalized spacial score (nSPS) is 12.1. The smallest absolute Gasteiger partial charge is 0.242 e. The van der Waals surface area contributed by atoms with Crippen molar-refractivity contribution in [3.8, 4) is 5.75 Å². The van der Waals surface area contributed by atoms with Crippen molar-refractivity contribution in [1.82, 2.24) is 5.32 Å². The Kier molecular flexibility index (Phi) is 5.48. The zero-order valence-corrected chi connectivity index (χ0v) is 12.0. The molecular weight excluding hydrogens is 242 g/mol. The Balaban J connectivity index is 2.61. The van der Waals surface area contributed by atoms with Gasteiger partial charge in [-0.25, -0.2) is 0 Å². The zero-order chi connectivity index (χ0) is 14.4. The van der Waals surface area contributed by atoms with Crippen molar-refractivity contribution in [2.75, 3.05) is 24.7 Å². The number of amides is 1. The first-order valence-electron chi connectivity index (χ1n) is 6.41. The molecule has 5 heteroatoms. The second kappa shape index (κ2) is 6.87. The van der Waals surface area contributed by atoms with E-state index in [1.807, 2.05) is 0 Å². The van der Waals surface area contributed by atoms with E-state index in [-0.39, 0.29) is 11.9 Å². The number of rotatable bonds is 6. The minimum Gasteiger partial charge on any atom is -0.497 e. The molecule has 5 nitrogen and oxygen atoms in total. The summed E-state index contributed by atoms with van der Waals surface area (Å²) in [6, 6.07) is 4.99. The predicted molar refractivity (Wildman–Crippen MR) is 78.3 cm³/mol. The number of hydrogen-bond donors (Lipinski definition) is 3. The van der Waals surface area contributed by atoms with E-state index in [0.717, 1.165) is 5.69 Å². The quantitative estimate of drug-likeness (QED) is 0.686. The molecule has 1 amide bonds. The second-order valence-corrected chi connectivity index (χ2v) is 4.96. The van der Waals surface area contributed by atoms with Gasteiger partial charge in [0.1, 0.15) is 11.8 Å². The van der Waals surface area contributed by atoms with Gasteiger partial charge in [-0.2, -0.15) is 0 Å². The highest BCUT2D eigenvalue weighted by atomic mass is 16.5. The van der Waals surface area contributed by atoms with Gasteiger partial charge >= 0.3 is 0 Å². The molecule has 19 heavy (non-hydrogen) atoms. The van der Waals surface area contributed by atoms with E-state index in [2.05, 4.69) is 24.5 Å². The van der Waals surface area contributed by atoms with E-state index in [0.29, 0.717) is 23.9 Å². The summed E-state index contributed by atoms with van der Waals surface area (Å²) >= 11 is 0. The van der Waals surface area contributed by atoms with E-state index in [9.17, 15) is 4.79 Å². The fourth-order valence-electron chi connectivity index (χ4n) is 1.56. The molecule has 0 bridgehead atoms. The van der Waals surface area contributed by atoms with Crippen LogP contribution in [0.25, 0.3) is 0 Å². The summed E-state index contributed by atoms with van der Waals surface area (Å²) in [7, 11) is 1.59. The van der Waals surface area contributed by atoms with Gasteiger partial charge < -0.3 is 21.1 Å². The molecule has 0 radical (unpaired) electrons. The Bertz CT molecular complexity index is 433. The number of nitrogen functional groups attached to an aromatic ring is 1. The van der Waals surface area contributed by atoms with Crippen LogP contribution in [-0.2, 0) is 4.79 Å². The standard InChI is InChI=1S/C14H23N3O2/c1-9(2)8-16-14(18)10(3)17-13-6-5-11(19-4)7-12(13)15/h5-7,9-10,17H,8,15H2,1-4H3,(H,16,18). The van der Waals surface area contributed by atoms with Crippen LogP contribution in [0.15, 0.2) is 18.2 Å². The van der Waals surface area contributed by atoms with E-state index >= 15 is 0 Å². The number of hydrogen-bond acceptors (Lipinski definition) is 4. The molecule has 4 N–H and O–H groups in total. The van der Waals surface area contributed by atoms with Gasteiger partial charge in [0.25, 0.3) is 0 Å². The van der Waals surface area contributed by atoms with Crippen LogP contribution in [0.3, 0.4) is 0 Å². The minimum atomic E-state index is -0.338. The van der Waals surface area contributed by atoms with Gasteiger partial charge in [-0.05, 0) is 25.0 Å². The van der Waals surface area contributed by atoms with Gasteiger partial charge in [0.15, 0.2) is 0 Å². The number of nitrogens with one attached hydrogen (secondary N) is 2. The zero-order valence-electron chi connectivity index (χ0n) is 12.0. The van der Waals surface area contributed by atoms with Crippen molar-refractivity contribution in [1.29, 1.82) is 0 Å². The van der Waals surface area contributed by atoms with Gasteiger partial charge in [-0.3, -0.25) is 4.79 Å². The van der Waals surface area contributed by atoms with Crippen molar-refractivity contribution in [2.45, 2.75) is 26.8 Å². The molecule has 1 atom stereocenters. The molecule has 0 aromatic heterocycles. The Morgan fingerprint density at radius 3 is 2.58 bits per heavy atom. The summed E-state index contributed by atoms with van der Waals surface area (Å²) in [6.07, 6.45) is 0. The molecular formula is C14H23N3O2. The van der Waals surface area contributed by atoms with Gasteiger partial charge in [0.2, 0.25) is 5.91 Å². The van der Waals surface area contributed by atoms with Crippen molar-refractivity contribution < 1.29 is 9.53 Å². The lowest BCUT2D eigenvalue weighted by atomic mass is 10.2. The lowest BCUT2D eigenvalue weighted by Crippen LogP contribution is -2.39. The molecule has 1 rings (SSSR count). The molecule has 1 aromatic carbocycles. The van der Waals surface area contributed by atoms with Crippen LogP contribution in [0.1, 0.15) is 20.8 Å². The number of anilines is 2. The fourth-order valence-corrected chi connectivity index (χ4v) is 1.56. The average Bonchev–Trinajstić information content (AvgIpc) is 2.37. The van der Waals surface area contributed by atoms with Gasteiger partial charge in [0, 0.05) is 12.6 Å². The van der Waals surface area contributed by atoms with Crippen LogP contribution in [0.5, 0.6) is 5.75 Å². The first kappa shape index (κ1) is 15.1. The predicted octanol–water partition coefficient (Wildman–Crippen LogP) is 1.85. The largest absolute Gasteiger partial charge is 0.497 e. The molecule has 0 aliphatic carbocycles. The number of nitrogens with two attached hydrogens (primary N) is 1. The van der Waals surface area contributed by atoms with E-state index in [1.165, 1.54) is 0 Å². The van der Waals surface area contributed by atoms with Crippen molar-refractivity contribution in [3.05, 3.63) is 18.2 Å². The summed E-state index contributed by atoms with van der Waals surface area (Å²) in [5.41, 5.74) is 7.18. The monoisotopic (exact) mass is 265 g/mol. The third kappa shape index (κ3) is 4.69. The number of methoxy groups -OCH3 is 1. The first-order chi connectivity index (χ1) is 8.93. The molecule has 0 saturated heterocycles. The van der Waals surface area contributed by atoms with Crippen LogP contribution in [0.4, 0.5) is 11.4 Å². The first-order valence-corrected chi connectivity index (χ1v) is 6.41. The Labute approximate surface area is 114 Å².